The van der Waals surface area contributed by atoms with Gasteiger partial charge in [-0.1, -0.05) is 18.2 Å². The molecular weight excluding hydrogens is 226 g/mol. The van der Waals surface area contributed by atoms with Crippen LogP contribution in [0.25, 0.3) is 17.1 Å². The summed E-state index contributed by atoms with van der Waals surface area (Å²) >= 11 is 0. The lowest BCUT2D eigenvalue weighted by molar-refractivity contribution is -0.148. The molecule has 2 aromatic rings. The molecule has 18 heavy (non-hydrogen) atoms. The number of carbonyl (C=O) groups is 1. The highest BCUT2D eigenvalue weighted by Crippen LogP contribution is 2.15. The SMILES string of the molecule is CC(C)(C)OC(=O)/C=C\n1ccc2ccccc21. The number of para-hydroxylation sites is 1. The molecule has 0 bridgehead atoms. The zero-order valence-corrected chi connectivity index (χ0v) is 10.9. The van der Waals surface area contributed by atoms with Crippen LogP contribution in [0.2, 0.25) is 0 Å². The van der Waals surface area contributed by atoms with Crippen LogP contribution in [0, 0.1) is 0 Å². The van der Waals surface area contributed by atoms with Crippen molar-refractivity contribution < 1.29 is 9.53 Å². The zero-order chi connectivity index (χ0) is 13.2. The van der Waals surface area contributed by atoms with Gasteiger partial charge in [0.1, 0.15) is 5.60 Å². The van der Waals surface area contributed by atoms with Crippen LogP contribution in [0.15, 0.2) is 42.6 Å². The van der Waals surface area contributed by atoms with Crippen LogP contribution in [0.1, 0.15) is 20.8 Å². The minimum Gasteiger partial charge on any atom is -0.457 e. The number of benzene rings is 1. The van der Waals surface area contributed by atoms with Crippen LogP contribution < -0.4 is 0 Å². The smallest absolute Gasteiger partial charge is 0.332 e. The highest BCUT2D eigenvalue weighted by Gasteiger charge is 2.13. The number of hydrogen-bond donors (Lipinski definition) is 0. The molecule has 0 unspecified atom stereocenters. The maximum atomic E-state index is 11.6. The van der Waals surface area contributed by atoms with Crippen molar-refractivity contribution in [2.24, 2.45) is 0 Å². The summed E-state index contributed by atoms with van der Waals surface area (Å²) in [7, 11) is 0. The summed E-state index contributed by atoms with van der Waals surface area (Å²) in [5, 5.41) is 1.14. The van der Waals surface area contributed by atoms with Gasteiger partial charge in [-0.05, 0) is 38.3 Å². The van der Waals surface area contributed by atoms with Crippen molar-refractivity contribution in [2.75, 3.05) is 0 Å². The summed E-state index contributed by atoms with van der Waals surface area (Å²) in [6.45, 7) is 5.55. The van der Waals surface area contributed by atoms with Gasteiger partial charge in [0.2, 0.25) is 0 Å². The fourth-order valence-corrected chi connectivity index (χ4v) is 1.71. The second kappa shape index (κ2) is 4.69. The van der Waals surface area contributed by atoms with Gasteiger partial charge in [0, 0.05) is 18.5 Å². The van der Waals surface area contributed by atoms with Gasteiger partial charge >= 0.3 is 5.97 Å². The molecule has 1 heterocycles. The molecule has 3 nitrogen and oxygen atoms in total. The largest absolute Gasteiger partial charge is 0.457 e. The molecule has 1 aromatic heterocycles. The van der Waals surface area contributed by atoms with Gasteiger partial charge in [0.05, 0.1) is 5.52 Å². The molecule has 0 spiro atoms. The van der Waals surface area contributed by atoms with E-state index in [1.54, 1.807) is 6.20 Å². The standard InChI is InChI=1S/C15H17NO2/c1-15(2,3)18-14(17)9-11-16-10-8-12-6-4-5-7-13(12)16/h4-11H,1-3H3/b11-9-. The molecule has 94 valence electrons. The highest BCUT2D eigenvalue weighted by molar-refractivity contribution is 5.87. The van der Waals surface area contributed by atoms with Crippen molar-refractivity contribution in [2.45, 2.75) is 26.4 Å². The van der Waals surface area contributed by atoms with Gasteiger partial charge in [-0.25, -0.2) is 4.79 Å². The van der Waals surface area contributed by atoms with Crippen molar-refractivity contribution in [3.63, 3.8) is 0 Å². The molecule has 0 aliphatic rings. The predicted molar refractivity (Wildman–Crippen MR) is 73.1 cm³/mol. The van der Waals surface area contributed by atoms with Crippen molar-refractivity contribution in [1.82, 2.24) is 4.57 Å². The molecule has 0 N–H and O–H groups in total. The van der Waals surface area contributed by atoms with E-state index >= 15 is 0 Å². The third kappa shape index (κ3) is 3.00. The molecule has 1 aromatic carbocycles. The zero-order valence-electron chi connectivity index (χ0n) is 10.9. The molecule has 0 aliphatic heterocycles. The first-order valence-electron chi connectivity index (χ1n) is 5.92. The first-order chi connectivity index (χ1) is 8.46. The highest BCUT2D eigenvalue weighted by atomic mass is 16.6. The molecule has 0 amide bonds. The average molecular weight is 243 g/mol. The Morgan fingerprint density at radius 2 is 1.94 bits per heavy atom. The number of nitrogens with zero attached hydrogens (tertiary/aromatic N) is 1. The van der Waals surface area contributed by atoms with Crippen molar-refractivity contribution >= 4 is 23.1 Å². The van der Waals surface area contributed by atoms with Crippen LogP contribution in [0.4, 0.5) is 0 Å². The number of carbonyl (C=O) groups excluding carboxylic acids is 1. The molecule has 0 saturated carbocycles. The molecule has 0 fully saturated rings. The molecular formula is C15H17NO2. The second-order valence-electron chi connectivity index (χ2n) is 5.13. The number of esters is 1. The maximum Gasteiger partial charge on any atom is 0.332 e. The Balaban J connectivity index is 2.16. The van der Waals surface area contributed by atoms with Gasteiger partial charge in [-0.2, -0.15) is 0 Å². The van der Waals surface area contributed by atoms with E-state index in [-0.39, 0.29) is 5.97 Å². The summed E-state index contributed by atoms with van der Waals surface area (Å²) in [6.07, 6.45) is 5.08. The lowest BCUT2D eigenvalue weighted by Crippen LogP contribution is -2.22. The lowest BCUT2D eigenvalue weighted by atomic mass is 10.2. The van der Waals surface area contributed by atoms with Gasteiger partial charge < -0.3 is 9.30 Å². The van der Waals surface area contributed by atoms with E-state index in [0.29, 0.717) is 0 Å². The summed E-state index contributed by atoms with van der Waals surface area (Å²) < 4.78 is 7.11. The van der Waals surface area contributed by atoms with Crippen LogP contribution in [-0.2, 0) is 9.53 Å². The van der Waals surface area contributed by atoms with Crippen molar-refractivity contribution in [3.05, 3.63) is 42.6 Å². The molecule has 0 aliphatic carbocycles. The number of rotatable bonds is 2. The topological polar surface area (TPSA) is 31.2 Å². The van der Waals surface area contributed by atoms with Crippen molar-refractivity contribution in [1.29, 1.82) is 0 Å². The Kier molecular flexibility index (Phi) is 3.24. The first kappa shape index (κ1) is 12.4. The Morgan fingerprint density at radius 1 is 1.22 bits per heavy atom. The monoisotopic (exact) mass is 243 g/mol. The van der Waals surface area contributed by atoms with E-state index in [0.717, 1.165) is 10.9 Å². The number of aromatic nitrogens is 1. The Bertz CT molecular complexity index is 588. The van der Waals surface area contributed by atoms with E-state index in [2.05, 4.69) is 0 Å². The summed E-state index contributed by atoms with van der Waals surface area (Å²) in [5.74, 6) is -0.333. The Labute approximate surface area is 107 Å². The minimum atomic E-state index is -0.458. The van der Waals surface area contributed by atoms with Gasteiger partial charge in [0.25, 0.3) is 0 Å². The predicted octanol–water partition coefficient (Wildman–Crippen LogP) is 3.45. The second-order valence-corrected chi connectivity index (χ2v) is 5.13. The molecule has 0 atom stereocenters. The molecule has 0 saturated heterocycles. The quantitative estimate of drug-likeness (QED) is 0.597. The van der Waals surface area contributed by atoms with Gasteiger partial charge in [-0.3, -0.25) is 0 Å². The van der Waals surface area contributed by atoms with E-state index in [1.165, 1.54) is 6.08 Å². The number of fused-ring (bicyclic) bond motifs is 1. The third-order valence-corrected chi connectivity index (χ3v) is 2.41. The van der Waals surface area contributed by atoms with Gasteiger partial charge in [-0.15, -0.1) is 0 Å². The summed E-state index contributed by atoms with van der Waals surface area (Å²) in [5.41, 5.74) is 0.609. The van der Waals surface area contributed by atoms with E-state index < -0.39 is 5.60 Å². The number of hydrogen-bond acceptors (Lipinski definition) is 2. The van der Waals surface area contributed by atoms with Crippen LogP contribution in [0.5, 0.6) is 0 Å². The number of ether oxygens (including phenoxy) is 1. The lowest BCUT2D eigenvalue weighted by Gasteiger charge is -2.17. The Morgan fingerprint density at radius 3 is 2.67 bits per heavy atom. The van der Waals surface area contributed by atoms with E-state index in [1.807, 2.05) is 61.9 Å². The first-order valence-corrected chi connectivity index (χ1v) is 5.92. The van der Waals surface area contributed by atoms with Gasteiger partial charge in [0.15, 0.2) is 0 Å². The Hall–Kier alpha value is -2.03. The van der Waals surface area contributed by atoms with Crippen LogP contribution in [-0.4, -0.2) is 16.1 Å². The summed E-state index contributed by atoms with van der Waals surface area (Å²) in [6, 6.07) is 10.0. The van der Waals surface area contributed by atoms with E-state index in [9.17, 15) is 4.79 Å². The van der Waals surface area contributed by atoms with E-state index in [4.69, 9.17) is 4.74 Å². The minimum absolute atomic E-state index is 0.333. The van der Waals surface area contributed by atoms with Crippen LogP contribution in [0.3, 0.4) is 0 Å². The van der Waals surface area contributed by atoms with Crippen molar-refractivity contribution in [3.8, 4) is 0 Å². The summed E-state index contributed by atoms with van der Waals surface area (Å²) in [4.78, 5) is 11.6. The maximum absolute atomic E-state index is 11.6. The molecule has 3 heteroatoms. The molecule has 0 radical (unpaired) electrons. The fourth-order valence-electron chi connectivity index (χ4n) is 1.71. The normalized spacial score (nSPS) is 12.2. The fraction of sp³-hybridized carbons (Fsp3) is 0.267. The molecule has 2 rings (SSSR count). The third-order valence-electron chi connectivity index (χ3n) is 2.41. The average Bonchev–Trinajstić information content (AvgIpc) is 2.67. The van der Waals surface area contributed by atoms with Crippen LogP contribution >= 0.6 is 0 Å².